The van der Waals surface area contributed by atoms with E-state index in [0.29, 0.717) is 18.9 Å². The number of nitrogens with one attached hydrogen (secondary N) is 2. The lowest BCUT2D eigenvalue weighted by molar-refractivity contribution is -0.116. The van der Waals surface area contributed by atoms with Crippen molar-refractivity contribution in [2.24, 2.45) is 0 Å². The third-order valence-corrected chi connectivity index (χ3v) is 5.36. The molecule has 0 fully saturated rings. The Morgan fingerprint density at radius 2 is 1.79 bits per heavy atom. The van der Waals surface area contributed by atoms with Gasteiger partial charge in [-0.3, -0.25) is 4.79 Å². The van der Waals surface area contributed by atoms with Gasteiger partial charge >= 0.3 is 6.03 Å². The Hall–Kier alpha value is -3.61. The van der Waals surface area contributed by atoms with Crippen LogP contribution >= 0.6 is 0 Å². The summed E-state index contributed by atoms with van der Waals surface area (Å²) in [6.45, 7) is 9.02. The van der Waals surface area contributed by atoms with Gasteiger partial charge in [-0.2, -0.15) is 5.10 Å². The van der Waals surface area contributed by atoms with E-state index in [0.717, 1.165) is 40.9 Å². The maximum Gasteiger partial charge on any atom is 0.317 e. The molecule has 1 heterocycles. The van der Waals surface area contributed by atoms with Crippen molar-refractivity contribution >= 4 is 17.8 Å². The van der Waals surface area contributed by atoms with Crippen molar-refractivity contribution in [2.75, 3.05) is 25.0 Å². The van der Waals surface area contributed by atoms with Crippen molar-refractivity contribution in [2.45, 2.75) is 40.5 Å². The molecule has 0 saturated heterocycles. The zero-order valence-electron chi connectivity index (χ0n) is 19.9. The Morgan fingerprint density at radius 3 is 2.45 bits per heavy atom. The first-order valence-corrected chi connectivity index (χ1v) is 11.5. The molecule has 0 aliphatic heterocycles. The van der Waals surface area contributed by atoms with E-state index in [1.54, 1.807) is 9.58 Å². The summed E-state index contributed by atoms with van der Waals surface area (Å²) >= 11 is 0. The molecule has 0 saturated carbocycles. The number of hydrogen-bond donors (Lipinski definition) is 2. The molecular formula is C26H33N5O2. The van der Waals surface area contributed by atoms with Gasteiger partial charge in [0, 0.05) is 24.7 Å². The Bertz CT molecular complexity index is 1090. The minimum atomic E-state index is -0.261. The van der Waals surface area contributed by atoms with Gasteiger partial charge < -0.3 is 15.5 Å². The van der Waals surface area contributed by atoms with E-state index >= 15 is 0 Å². The zero-order valence-corrected chi connectivity index (χ0v) is 19.9. The molecule has 0 atom stereocenters. The maximum atomic E-state index is 13.0. The van der Waals surface area contributed by atoms with E-state index < -0.39 is 0 Å². The molecular weight excluding hydrogens is 414 g/mol. The highest BCUT2D eigenvalue weighted by Gasteiger charge is 2.19. The van der Waals surface area contributed by atoms with Crippen LogP contribution in [0.25, 0.3) is 16.9 Å². The minimum absolute atomic E-state index is 0.0233. The van der Waals surface area contributed by atoms with E-state index in [9.17, 15) is 9.59 Å². The number of amides is 3. The standard InChI is InChI=1S/C26H33N5O2/c1-5-7-15-30(26(33)27-6-2)18-25(32)28-24-17-22(21-11-9-8-10-12-21)29-31(24)23-14-13-19(3)16-20(23)4/h8-14,16-17H,5-7,15,18H2,1-4H3,(H,27,33)(H,28,32). The molecule has 174 valence electrons. The number of benzene rings is 2. The Kier molecular flexibility index (Phi) is 8.24. The number of carbonyl (C=O) groups is 2. The van der Waals surface area contributed by atoms with Crippen molar-refractivity contribution in [3.8, 4) is 16.9 Å². The van der Waals surface area contributed by atoms with Crippen LogP contribution in [0.3, 0.4) is 0 Å². The summed E-state index contributed by atoms with van der Waals surface area (Å²) in [5.74, 6) is 0.306. The fraction of sp³-hybridized carbons (Fsp3) is 0.346. The van der Waals surface area contributed by atoms with Crippen LogP contribution in [-0.4, -0.2) is 46.3 Å². The maximum absolute atomic E-state index is 13.0. The Morgan fingerprint density at radius 1 is 1.03 bits per heavy atom. The van der Waals surface area contributed by atoms with Gasteiger partial charge in [-0.15, -0.1) is 0 Å². The monoisotopic (exact) mass is 447 g/mol. The molecule has 3 aromatic rings. The van der Waals surface area contributed by atoms with E-state index in [4.69, 9.17) is 5.10 Å². The number of nitrogens with zero attached hydrogens (tertiary/aromatic N) is 3. The molecule has 0 unspecified atom stereocenters. The van der Waals surface area contributed by atoms with Crippen LogP contribution in [0.2, 0.25) is 0 Å². The molecule has 0 aliphatic carbocycles. The molecule has 0 radical (unpaired) electrons. The molecule has 0 aliphatic rings. The molecule has 0 bridgehead atoms. The summed E-state index contributed by atoms with van der Waals surface area (Å²) in [4.78, 5) is 27.0. The van der Waals surface area contributed by atoms with Crippen LogP contribution in [0.5, 0.6) is 0 Å². The van der Waals surface area contributed by atoms with Crippen LogP contribution in [0.15, 0.2) is 54.6 Å². The highest BCUT2D eigenvalue weighted by Crippen LogP contribution is 2.26. The summed E-state index contributed by atoms with van der Waals surface area (Å²) < 4.78 is 1.76. The van der Waals surface area contributed by atoms with Crippen molar-refractivity contribution < 1.29 is 9.59 Å². The van der Waals surface area contributed by atoms with Crippen LogP contribution < -0.4 is 10.6 Å². The fourth-order valence-electron chi connectivity index (χ4n) is 3.67. The lowest BCUT2D eigenvalue weighted by Gasteiger charge is -2.22. The van der Waals surface area contributed by atoms with E-state index in [1.807, 2.05) is 69.3 Å². The number of hydrogen-bond acceptors (Lipinski definition) is 3. The summed E-state index contributed by atoms with van der Waals surface area (Å²) in [6.07, 6.45) is 1.78. The van der Waals surface area contributed by atoms with E-state index in [1.165, 1.54) is 0 Å². The average Bonchev–Trinajstić information content (AvgIpc) is 3.20. The molecule has 33 heavy (non-hydrogen) atoms. The largest absolute Gasteiger partial charge is 0.338 e. The molecule has 2 N–H and O–H groups in total. The van der Waals surface area contributed by atoms with E-state index in [-0.39, 0.29) is 18.5 Å². The second kappa shape index (κ2) is 11.3. The molecule has 2 aromatic carbocycles. The summed E-state index contributed by atoms with van der Waals surface area (Å²) in [5.41, 5.74) is 4.83. The second-order valence-corrected chi connectivity index (χ2v) is 8.14. The van der Waals surface area contributed by atoms with Gasteiger partial charge in [0.2, 0.25) is 5.91 Å². The number of aromatic nitrogens is 2. The van der Waals surface area contributed by atoms with E-state index in [2.05, 4.69) is 23.6 Å². The number of carbonyl (C=O) groups excluding carboxylic acids is 2. The van der Waals surface area contributed by atoms with Gasteiger partial charge in [-0.05, 0) is 38.8 Å². The minimum Gasteiger partial charge on any atom is -0.338 e. The third kappa shape index (κ3) is 6.22. The van der Waals surface area contributed by atoms with Gasteiger partial charge in [0.1, 0.15) is 12.4 Å². The van der Waals surface area contributed by atoms with Crippen LogP contribution in [0, 0.1) is 13.8 Å². The zero-order chi connectivity index (χ0) is 23.8. The first-order chi connectivity index (χ1) is 15.9. The van der Waals surface area contributed by atoms with Crippen LogP contribution in [0.1, 0.15) is 37.8 Å². The lowest BCUT2D eigenvalue weighted by atomic mass is 10.1. The molecule has 3 rings (SSSR count). The van der Waals surface area contributed by atoms with Crippen molar-refractivity contribution in [1.82, 2.24) is 20.0 Å². The predicted molar refractivity (Wildman–Crippen MR) is 133 cm³/mol. The Labute approximate surface area is 195 Å². The van der Waals surface area contributed by atoms with Gasteiger partial charge in [-0.1, -0.05) is 61.4 Å². The second-order valence-electron chi connectivity index (χ2n) is 8.14. The SMILES string of the molecule is CCCCN(CC(=O)Nc1cc(-c2ccccc2)nn1-c1ccc(C)cc1C)C(=O)NCC. The Balaban J connectivity index is 1.91. The quantitative estimate of drug-likeness (QED) is 0.488. The molecule has 1 aromatic heterocycles. The highest BCUT2D eigenvalue weighted by atomic mass is 16.2. The summed E-state index contributed by atoms with van der Waals surface area (Å²) in [6, 6.07) is 17.6. The molecule has 7 nitrogen and oxygen atoms in total. The van der Waals surface area contributed by atoms with Crippen LogP contribution in [0.4, 0.5) is 10.6 Å². The third-order valence-electron chi connectivity index (χ3n) is 5.36. The number of unbranched alkanes of at least 4 members (excludes halogenated alkanes) is 1. The first kappa shape index (κ1) is 24.0. The molecule has 0 spiro atoms. The van der Waals surface area contributed by atoms with Crippen molar-refractivity contribution in [3.63, 3.8) is 0 Å². The molecule has 7 heteroatoms. The van der Waals surface area contributed by atoms with Gasteiger partial charge in [0.05, 0.1) is 11.4 Å². The topological polar surface area (TPSA) is 79.3 Å². The number of aryl methyl sites for hydroxylation is 2. The van der Waals surface area contributed by atoms with Gasteiger partial charge in [0.25, 0.3) is 0 Å². The normalized spacial score (nSPS) is 10.7. The van der Waals surface area contributed by atoms with Crippen LogP contribution in [-0.2, 0) is 4.79 Å². The fourth-order valence-corrected chi connectivity index (χ4v) is 3.67. The van der Waals surface area contributed by atoms with Crippen molar-refractivity contribution in [3.05, 3.63) is 65.7 Å². The van der Waals surface area contributed by atoms with Gasteiger partial charge in [-0.25, -0.2) is 9.48 Å². The van der Waals surface area contributed by atoms with Gasteiger partial charge in [0.15, 0.2) is 0 Å². The van der Waals surface area contributed by atoms with Crippen molar-refractivity contribution in [1.29, 1.82) is 0 Å². The first-order valence-electron chi connectivity index (χ1n) is 11.5. The number of rotatable bonds is 9. The highest BCUT2D eigenvalue weighted by molar-refractivity contribution is 5.94. The average molecular weight is 448 g/mol. The lowest BCUT2D eigenvalue weighted by Crippen LogP contribution is -2.44. The predicted octanol–water partition coefficient (Wildman–Crippen LogP) is 4.93. The summed E-state index contributed by atoms with van der Waals surface area (Å²) in [5, 5.41) is 10.6. The smallest absolute Gasteiger partial charge is 0.317 e. The number of anilines is 1. The molecule has 3 amide bonds. The summed E-state index contributed by atoms with van der Waals surface area (Å²) in [7, 11) is 0. The number of urea groups is 1.